The van der Waals surface area contributed by atoms with Crippen LogP contribution in [0.25, 0.3) is 0 Å². The van der Waals surface area contributed by atoms with Crippen molar-refractivity contribution >= 4 is 43.2 Å². The van der Waals surface area contributed by atoms with Gasteiger partial charge in [0.15, 0.2) is 6.10 Å². The number of sulfonamides is 1. The Hall–Kier alpha value is -2.13. The quantitative estimate of drug-likeness (QED) is 0.740. The maximum absolute atomic E-state index is 13.8. The zero-order valence-electron chi connectivity index (χ0n) is 14.4. The first-order valence-corrected chi connectivity index (χ1v) is 10.2. The van der Waals surface area contributed by atoms with Crippen LogP contribution < -0.4 is 14.4 Å². The first kappa shape index (κ1) is 20.2. The Labute approximate surface area is 160 Å². The average Bonchev–Trinajstić information content (AvgIpc) is 2.56. The Kier molecular flexibility index (Phi) is 6.25. The van der Waals surface area contributed by atoms with Crippen molar-refractivity contribution in [2.75, 3.05) is 22.9 Å². The van der Waals surface area contributed by atoms with E-state index in [9.17, 15) is 17.6 Å². The highest BCUT2D eigenvalue weighted by Crippen LogP contribution is 2.22. The molecule has 0 aliphatic rings. The summed E-state index contributed by atoms with van der Waals surface area (Å²) in [4.78, 5) is 12.2. The van der Waals surface area contributed by atoms with Crippen LogP contribution in [-0.2, 0) is 14.8 Å². The van der Waals surface area contributed by atoms with Crippen molar-refractivity contribution in [3.63, 3.8) is 0 Å². The second-order valence-electron chi connectivity index (χ2n) is 5.60. The summed E-state index contributed by atoms with van der Waals surface area (Å²) in [6.07, 6.45) is 0.224. The van der Waals surface area contributed by atoms with Crippen LogP contribution in [0.2, 0.25) is 0 Å². The fraction of sp³-hybridized carbons (Fsp3) is 0.235. The van der Waals surface area contributed by atoms with Gasteiger partial charge in [-0.2, -0.15) is 0 Å². The lowest BCUT2D eigenvalue weighted by Crippen LogP contribution is -2.30. The van der Waals surface area contributed by atoms with E-state index in [2.05, 4.69) is 21.2 Å². The number of anilines is 2. The molecule has 0 aliphatic carbocycles. The molecular formula is C17H18BrFN2O4S. The number of carbonyl (C=O) groups is 1. The van der Waals surface area contributed by atoms with E-state index < -0.39 is 27.9 Å². The van der Waals surface area contributed by atoms with Crippen LogP contribution in [0.15, 0.2) is 46.9 Å². The Balaban J connectivity index is 2.02. The van der Waals surface area contributed by atoms with Crippen molar-refractivity contribution in [2.45, 2.75) is 13.0 Å². The van der Waals surface area contributed by atoms with E-state index in [1.54, 1.807) is 30.3 Å². The minimum Gasteiger partial charge on any atom is -0.481 e. The molecule has 0 aromatic heterocycles. The predicted octanol–water partition coefficient (Wildman–Crippen LogP) is 3.39. The van der Waals surface area contributed by atoms with Crippen LogP contribution in [0, 0.1) is 5.82 Å². The summed E-state index contributed by atoms with van der Waals surface area (Å²) in [7, 11) is -1.92. The first-order valence-electron chi connectivity index (χ1n) is 7.54. The third-order valence-electron chi connectivity index (χ3n) is 3.57. The smallest absolute Gasteiger partial charge is 0.265 e. The van der Waals surface area contributed by atoms with Crippen molar-refractivity contribution in [1.29, 1.82) is 0 Å². The molecule has 1 atom stereocenters. The van der Waals surface area contributed by atoms with E-state index in [-0.39, 0.29) is 5.69 Å². The SMILES string of the molecule is C[C@H](Oc1ccc(N(C)S(C)(=O)=O)cc1)C(=O)Nc1ccc(Br)cc1F. The second-order valence-corrected chi connectivity index (χ2v) is 8.53. The molecule has 2 rings (SSSR count). The fourth-order valence-electron chi connectivity index (χ4n) is 2.01. The fourth-order valence-corrected chi connectivity index (χ4v) is 2.85. The molecule has 140 valence electrons. The molecule has 9 heteroatoms. The van der Waals surface area contributed by atoms with Crippen LogP contribution in [0.1, 0.15) is 6.92 Å². The minimum atomic E-state index is -3.36. The number of rotatable bonds is 6. The van der Waals surface area contributed by atoms with Gasteiger partial charge in [0.25, 0.3) is 5.91 Å². The van der Waals surface area contributed by atoms with Crippen molar-refractivity contribution in [2.24, 2.45) is 0 Å². The summed E-state index contributed by atoms with van der Waals surface area (Å²) in [6.45, 7) is 1.53. The normalized spacial score (nSPS) is 12.3. The van der Waals surface area contributed by atoms with Gasteiger partial charge in [-0.05, 0) is 49.4 Å². The predicted molar refractivity (Wildman–Crippen MR) is 103 cm³/mol. The Morgan fingerprint density at radius 1 is 1.23 bits per heavy atom. The lowest BCUT2D eigenvalue weighted by Gasteiger charge is -2.18. The van der Waals surface area contributed by atoms with Gasteiger partial charge in [0, 0.05) is 11.5 Å². The molecule has 0 aliphatic heterocycles. The summed E-state index contributed by atoms with van der Waals surface area (Å²) >= 11 is 3.15. The Morgan fingerprint density at radius 3 is 2.38 bits per heavy atom. The number of hydrogen-bond acceptors (Lipinski definition) is 4. The number of hydrogen-bond donors (Lipinski definition) is 1. The highest BCUT2D eigenvalue weighted by atomic mass is 79.9. The Morgan fingerprint density at radius 2 is 1.85 bits per heavy atom. The molecule has 0 fully saturated rings. The van der Waals surface area contributed by atoms with Gasteiger partial charge < -0.3 is 10.1 Å². The summed E-state index contributed by atoms with van der Waals surface area (Å²) in [5.74, 6) is -0.689. The Bertz CT molecular complexity index is 903. The summed E-state index contributed by atoms with van der Waals surface area (Å²) in [5, 5.41) is 2.46. The number of ether oxygens (including phenoxy) is 1. The van der Waals surface area contributed by atoms with E-state index in [1.807, 2.05) is 0 Å². The van der Waals surface area contributed by atoms with Crippen LogP contribution in [-0.4, -0.2) is 33.7 Å². The highest BCUT2D eigenvalue weighted by molar-refractivity contribution is 9.10. The lowest BCUT2D eigenvalue weighted by atomic mass is 10.2. The van der Waals surface area contributed by atoms with E-state index in [0.717, 1.165) is 10.6 Å². The topological polar surface area (TPSA) is 75.7 Å². The summed E-state index contributed by atoms with van der Waals surface area (Å²) < 4.78 is 44.0. The third kappa shape index (κ3) is 5.18. The minimum absolute atomic E-state index is 0.0544. The molecule has 1 amide bonds. The molecule has 0 radical (unpaired) electrons. The van der Waals surface area contributed by atoms with Crippen molar-refractivity contribution < 1.29 is 22.3 Å². The molecule has 0 unspecified atom stereocenters. The maximum atomic E-state index is 13.8. The van der Waals surface area contributed by atoms with E-state index in [1.165, 1.54) is 26.1 Å². The van der Waals surface area contributed by atoms with Gasteiger partial charge in [-0.15, -0.1) is 0 Å². The number of benzene rings is 2. The van der Waals surface area contributed by atoms with Gasteiger partial charge in [-0.1, -0.05) is 15.9 Å². The van der Waals surface area contributed by atoms with Crippen LogP contribution >= 0.6 is 15.9 Å². The van der Waals surface area contributed by atoms with Gasteiger partial charge in [0.05, 0.1) is 17.6 Å². The largest absolute Gasteiger partial charge is 0.481 e. The van der Waals surface area contributed by atoms with Crippen molar-refractivity contribution in [3.05, 3.63) is 52.8 Å². The lowest BCUT2D eigenvalue weighted by molar-refractivity contribution is -0.122. The molecule has 0 saturated carbocycles. The molecule has 0 spiro atoms. The number of carbonyl (C=O) groups excluding carboxylic acids is 1. The van der Waals surface area contributed by atoms with Crippen LogP contribution in [0.4, 0.5) is 15.8 Å². The number of nitrogens with one attached hydrogen (secondary N) is 1. The first-order chi connectivity index (χ1) is 12.1. The van der Waals surface area contributed by atoms with Crippen molar-refractivity contribution in [3.8, 4) is 5.75 Å². The molecule has 6 nitrogen and oxygen atoms in total. The van der Waals surface area contributed by atoms with Gasteiger partial charge in [-0.3, -0.25) is 9.10 Å². The van der Waals surface area contributed by atoms with Crippen LogP contribution in [0.3, 0.4) is 0 Å². The monoisotopic (exact) mass is 444 g/mol. The van der Waals surface area contributed by atoms with Gasteiger partial charge in [0.1, 0.15) is 11.6 Å². The van der Waals surface area contributed by atoms with E-state index in [0.29, 0.717) is 15.9 Å². The standard InChI is InChI=1S/C17H18BrFN2O4S/c1-11(17(22)20-16-9-4-12(18)10-15(16)19)25-14-7-5-13(6-8-14)21(2)26(3,23)24/h4-11H,1-3H3,(H,20,22)/t11-/m0/s1. The molecule has 2 aromatic rings. The van der Waals surface area contributed by atoms with Gasteiger partial charge in [0.2, 0.25) is 10.0 Å². The molecule has 0 saturated heterocycles. The molecule has 26 heavy (non-hydrogen) atoms. The third-order valence-corrected chi connectivity index (χ3v) is 5.27. The highest BCUT2D eigenvalue weighted by Gasteiger charge is 2.17. The van der Waals surface area contributed by atoms with Crippen LogP contribution in [0.5, 0.6) is 5.75 Å². The molecular weight excluding hydrogens is 427 g/mol. The molecule has 2 aromatic carbocycles. The van der Waals surface area contributed by atoms with Gasteiger partial charge in [-0.25, -0.2) is 12.8 Å². The van der Waals surface area contributed by atoms with E-state index in [4.69, 9.17) is 4.74 Å². The summed E-state index contributed by atoms with van der Waals surface area (Å²) in [6, 6.07) is 10.5. The second kappa shape index (κ2) is 8.05. The van der Waals surface area contributed by atoms with Gasteiger partial charge >= 0.3 is 0 Å². The number of amides is 1. The molecule has 1 N–H and O–H groups in total. The maximum Gasteiger partial charge on any atom is 0.265 e. The van der Waals surface area contributed by atoms with E-state index >= 15 is 0 Å². The number of nitrogens with zero attached hydrogens (tertiary/aromatic N) is 1. The van der Waals surface area contributed by atoms with Crippen molar-refractivity contribution in [1.82, 2.24) is 0 Å². The zero-order chi connectivity index (χ0) is 19.5. The summed E-state index contributed by atoms with van der Waals surface area (Å²) in [5.41, 5.74) is 0.521. The molecule has 0 bridgehead atoms. The molecule has 0 heterocycles. The average molecular weight is 445 g/mol. The number of halogens is 2. The zero-order valence-corrected chi connectivity index (χ0v) is 16.8.